The Kier molecular flexibility index (Phi) is 2.66. The normalized spacial score (nSPS) is 38.8. The molecule has 4 rings (SSSR count). The van der Waals surface area contributed by atoms with E-state index in [-0.39, 0.29) is 5.91 Å². The quantitative estimate of drug-likeness (QED) is 0.770. The van der Waals surface area contributed by atoms with Gasteiger partial charge in [-0.15, -0.1) is 0 Å². The molecule has 4 aliphatic rings. The Bertz CT molecular complexity index is 421. The number of carbonyl (C=O) groups excluding carboxylic acids is 1. The second-order valence-corrected chi connectivity index (χ2v) is 6.04. The average molecular weight is 269 g/mol. The molecule has 3 saturated heterocycles. The van der Waals surface area contributed by atoms with Gasteiger partial charge >= 0.3 is 5.97 Å². The van der Waals surface area contributed by atoms with Crippen molar-refractivity contribution in [3.8, 4) is 0 Å². The molecule has 2 N–H and O–H groups in total. The highest BCUT2D eigenvalue weighted by molar-refractivity contribution is 5.80. The molecule has 0 aromatic heterocycles. The minimum Gasteiger partial charge on any atom is -0.481 e. The first-order chi connectivity index (χ1) is 8.94. The molecule has 2 bridgehead atoms. The summed E-state index contributed by atoms with van der Waals surface area (Å²) in [4.78, 5) is 22.7. The number of hydrogen-bond donors (Lipinski definition) is 2. The van der Waals surface area contributed by atoms with Gasteiger partial charge in [-0.05, 0) is 12.8 Å². The number of ether oxygens (including phenoxy) is 2. The lowest BCUT2D eigenvalue weighted by Crippen LogP contribution is -2.58. The van der Waals surface area contributed by atoms with Crippen molar-refractivity contribution in [1.82, 2.24) is 5.32 Å². The van der Waals surface area contributed by atoms with Crippen molar-refractivity contribution in [2.24, 2.45) is 5.41 Å². The summed E-state index contributed by atoms with van der Waals surface area (Å²) in [5.74, 6) is -0.885. The highest BCUT2D eigenvalue weighted by atomic mass is 16.6. The number of amides is 1. The maximum absolute atomic E-state index is 11.7. The molecular weight excluding hydrogens is 250 g/mol. The lowest BCUT2D eigenvalue weighted by molar-refractivity contribution is -0.164. The van der Waals surface area contributed by atoms with Crippen LogP contribution >= 0.6 is 0 Å². The Morgan fingerprint density at radius 1 is 1.26 bits per heavy atom. The standard InChI is InChI=1S/C13H19NO5/c1-9(15)14-8-11-6-12(7-11,10(16)17)13(19-11)2-4-18-5-3-13/h2-8H2,1H3,(H,14,15)(H,16,17). The zero-order valence-electron chi connectivity index (χ0n) is 11.0. The van der Waals surface area contributed by atoms with Gasteiger partial charge in [-0.2, -0.15) is 0 Å². The van der Waals surface area contributed by atoms with E-state index in [0.717, 1.165) is 0 Å². The second-order valence-electron chi connectivity index (χ2n) is 6.04. The molecule has 0 radical (unpaired) electrons. The molecule has 1 saturated carbocycles. The first-order valence-electron chi connectivity index (χ1n) is 6.70. The zero-order chi connectivity index (χ0) is 13.7. The molecule has 106 valence electrons. The fourth-order valence-corrected chi connectivity index (χ4v) is 4.03. The van der Waals surface area contributed by atoms with Crippen LogP contribution in [-0.4, -0.2) is 47.9 Å². The van der Waals surface area contributed by atoms with Gasteiger partial charge in [-0.3, -0.25) is 9.59 Å². The van der Waals surface area contributed by atoms with E-state index in [1.165, 1.54) is 6.92 Å². The van der Waals surface area contributed by atoms with Gasteiger partial charge in [0.2, 0.25) is 5.91 Å². The van der Waals surface area contributed by atoms with Crippen LogP contribution in [0.1, 0.15) is 32.6 Å². The summed E-state index contributed by atoms with van der Waals surface area (Å²) >= 11 is 0. The molecule has 0 atom stereocenters. The van der Waals surface area contributed by atoms with Crippen molar-refractivity contribution in [3.63, 3.8) is 0 Å². The van der Waals surface area contributed by atoms with Crippen molar-refractivity contribution in [1.29, 1.82) is 0 Å². The molecule has 0 aromatic rings. The number of rotatable bonds is 3. The molecular formula is C13H19NO5. The van der Waals surface area contributed by atoms with Gasteiger partial charge in [0, 0.05) is 39.5 Å². The summed E-state index contributed by atoms with van der Waals surface area (Å²) in [5.41, 5.74) is -1.87. The predicted molar refractivity (Wildman–Crippen MR) is 64.6 cm³/mol. The van der Waals surface area contributed by atoms with Crippen LogP contribution in [0.2, 0.25) is 0 Å². The minimum absolute atomic E-state index is 0.112. The number of carboxylic acids is 1. The lowest BCUT2D eigenvalue weighted by atomic mass is 9.54. The van der Waals surface area contributed by atoms with Gasteiger partial charge in [0.15, 0.2) is 0 Å². The van der Waals surface area contributed by atoms with E-state index in [1.54, 1.807) is 0 Å². The predicted octanol–water partition coefficient (Wildman–Crippen LogP) is 0.305. The molecule has 6 nitrogen and oxygen atoms in total. The smallest absolute Gasteiger partial charge is 0.312 e. The summed E-state index contributed by atoms with van der Waals surface area (Å²) in [6.45, 7) is 2.95. The molecule has 6 heteroatoms. The van der Waals surface area contributed by atoms with E-state index in [4.69, 9.17) is 9.47 Å². The van der Waals surface area contributed by atoms with E-state index < -0.39 is 22.6 Å². The third kappa shape index (κ3) is 1.63. The SMILES string of the molecule is CC(=O)NCC12CC(C(=O)O)(C1)C1(CCOCC1)O2. The summed E-state index contributed by atoms with van der Waals surface area (Å²) in [5, 5.41) is 12.4. The lowest BCUT2D eigenvalue weighted by Gasteiger charge is -2.45. The highest BCUT2D eigenvalue weighted by Gasteiger charge is 2.78. The molecule has 19 heavy (non-hydrogen) atoms. The van der Waals surface area contributed by atoms with Crippen molar-refractivity contribution >= 4 is 11.9 Å². The van der Waals surface area contributed by atoms with Crippen LogP contribution in [0.15, 0.2) is 0 Å². The van der Waals surface area contributed by atoms with Gasteiger partial charge in [0.1, 0.15) is 5.41 Å². The van der Waals surface area contributed by atoms with Gasteiger partial charge in [0.05, 0.1) is 11.2 Å². The van der Waals surface area contributed by atoms with Crippen molar-refractivity contribution < 1.29 is 24.2 Å². The fraction of sp³-hybridized carbons (Fsp3) is 0.846. The maximum Gasteiger partial charge on any atom is 0.312 e. The van der Waals surface area contributed by atoms with Crippen LogP contribution in [0, 0.1) is 5.41 Å². The first-order valence-corrected chi connectivity index (χ1v) is 6.70. The number of aliphatic carboxylic acids is 1. The summed E-state index contributed by atoms with van der Waals surface area (Å²) < 4.78 is 11.5. The van der Waals surface area contributed by atoms with Crippen LogP contribution in [0.4, 0.5) is 0 Å². The minimum atomic E-state index is -0.782. The van der Waals surface area contributed by atoms with Gasteiger partial charge < -0.3 is 19.9 Å². The summed E-state index contributed by atoms with van der Waals surface area (Å²) in [6, 6.07) is 0. The number of nitrogens with one attached hydrogen (secondary N) is 1. The Balaban J connectivity index is 1.82. The van der Waals surface area contributed by atoms with Crippen molar-refractivity contribution in [2.45, 2.75) is 43.8 Å². The van der Waals surface area contributed by atoms with E-state index in [1.807, 2.05) is 0 Å². The van der Waals surface area contributed by atoms with Gasteiger partial charge in [-0.1, -0.05) is 0 Å². The maximum atomic E-state index is 11.7. The molecule has 3 aliphatic heterocycles. The number of carbonyl (C=O) groups is 2. The molecule has 1 amide bonds. The molecule has 1 aliphatic carbocycles. The molecule has 4 fully saturated rings. The molecule has 0 aromatic carbocycles. The van der Waals surface area contributed by atoms with Crippen LogP contribution in [0.25, 0.3) is 0 Å². The zero-order valence-corrected chi connectivity index (χ0v) is 11.0. The topological polar surface area (TPSA) is 84.9 Å². The number of carboxylic acid groups (broad SMARTS) is 1. The molecule has 0 unspecified atom stereocenters. The third-order valence-electron chi connectivity index (χ3n) is 4.90. The van der Waals surface area contributed by atoms with E-state index in [0.29, 0.717) is 45.4 Å². The van der Waals surface area contributed by atoms with Crippen molar-refractivity contribution in [3.05, 3.63) is 0 Å². The number of hydrogen-bond acceptors (Lipinski definition) is 4. The van der Waals surface area contributed by atoms with E-state index >= 15 is 0 Å². The summed E-state index contributed by atoms with van der Waals surface area (Å²) in [7, 11) is 0. The van der Waals surface area contributed by atoms with Gasteiger partial charge in [0.25, 0.3) is 0 Å². The van der Waals surface area contributed by atoms with Crippen LogP contribution < -0.4 is 5.32 Å². The van der Waals surface area contributed by atoms with Crippen LogP contribution in [0.5, 0.6) is 0 Å². The summed E-state index contributed by atoms with van der Waals surface area (Å²) in [6.07, 6.45) is 2.24. The third-order valence-corrected chi connectivity index (χ3v) is 4.90. The Labute approximate surface area is 111 Å². The van der Waals surface area contributed by atoms with E-state index in [2.05, 4.69) is 5.32 Å². The fourth-order valence-electron chi connectivity index (χ4n) is 4.03. The second kappa shape index (κ2) is 3.93. The van der Waals surface area contributed by atoms with Crippen LogP contribution in [0.3, 0.4) is 0 Å². The highest BCUT2D eigenvalue weighted by Crippen LogP contribution is 2.69. The Morgan fingerprint density at radius 2 is 1.89 bits per heavy atom. The van der Waals surface area contributed by atoms with Crippen LogP contribution in [-0.2, 0) is 19.1 Å². The average Bonchev–Trinajstić information content (AvgIpc) is 2.72. The largest absolute Gasteiger partial charge is 0.481 e. The monoisotopic (exact) mass is 269 g/mol. The van der Waals surface area contributed by atoms with E-state index in [9.17, 15) is 14.7 Å². The van der Waals surface area contributed by atoms with Gasteiger partial charge in [-0.25, -0.2) is 0 Å². The molecule has 3 heterocycles. The molecule has 1 spiro atoms. The van der Waals surface area contributed by atoms with Crippen molar-refractivity contribution in [2.75, 3.05) is 19.8 Å². The Morgan fingerprint density at radius 3 is 2.42 bits per heavy atom. The Hall–Kier alpha value is -1.14. The first kappa shape index (κ1) is 12.9.